The summed E-state index contributed by atoms with van der Waals surface area (Å²) in [7, 11) is 3.15. The van der Waals surface area contributed by atoms with Crippen molar-refractivity contribution in [3.05, 3.63) is 0 Å². The number of hydrogen-bond donors (Lipinski definition) is 0. The summed E-state index contributed by atoms with van der Waals surface area (Å²) in [5, 5.41) is 0. The third kappa shape index (κ3) is 8.57. The first-order valence-corrected chi connectivity index (χ1v) is 4.41. The zero-order valence-corrected chi connectivity index (χ0v) is 10.4. The van der Waals surface area contributed by atoms with Crippen LogP contribution in [-0.4, -0.2) is 39.5 Å². The molecule has 0 aromatic carbocycles. The van der Waals surface area contributed by atoms with Gasteiger partial charge in [-0.25, -0.2) is 0 Å². The number of hydrogen-bond acceptors (Lipinski definition) is 4. The van der Waals surface area contributed by atoms with E-state index in [0.717, 1.165) is 6.42 Å². The summed E-state index contributed by atoms with van der Waals surface area (Å²) in [6.07, 6.45) is 1.11. The second-order valence-electron chi connectivity index (χ2n) is 2.75. The third-order valence-electron chi connectivity index (χ3n) is 1.57. The van der Waals surface area contributed by atoms with Crippen molar-refractivity contribution in [1.82, 2.24) is 0 Å². The fourth-order valence-electron chi connectivity index (χ4n) is 0.832. The minimum atomic E-state index is -0.180. The molecule has 83 valence electrons. The van der Waals surface area contributed by atoms with E-state index in [2.05, 4.69) is 0 Å². The van der Waals surface area contributed by atoms with Crippen molar-refractivity contribution in [3.8, 4) is 0 Å². The average molecular weight is 241 g/mol. The second-order valence-corrected chi connectivity index (χ2v) is 2.75. The fourth-order valence-corrected chi connectivity index (χ4v) is 0.832. The van der Waals surface area contributed by atoms with Crippen LogP contribution in [0, 0.1) is 0 Å². The molecule has 0 amide bonds. The summed E-state index contributed by atoms with van der Waals surface area (Å²) in [5.41, 5.74) is 0. The summed E-state index contributed by atoms with van der Waals surface area (Å²) in [6, 6.07) is 0. The molecular weight excluding hydrogens is 223 g/mol. The Bertz CT molecular complexity index is 141. The van der Waals surface area contributed by atoms with Crippen LogP contribution in [0.5, 0.6) is 0 Å². The Morgan fingerprint density at radius 2 is 1.93 bits per heavy atom. The molecule has 0 spiro atoms. The van der Waals surface area contributed by atoms with Gasteiger partial charge in [0.2, 0.25) is 0 Å². The molecule has 0 aromatic heterocycles. The van der Waals surface area contributed by atoms with Gasteiger partial charge in [0.05, 0.1) is 6.61 Å². The van der Waals surface area contributed by atoms with Gasteiger partial charge in [-0.1, -0.05) is 6.92 Å². The van der Waals surface area contributed by atoms with Crippen molar-refractivity contribution in [3.63, 3.8) is 0 Å². The van der Waals surface area contributed by atoms with E-state index in [9.17, 15) is 4.79 Å². The SMILES string of the molecule is CCCC(=O)OCC(COC)OC.[V]. The van der Waals surface area contributed by atoms with Gasteiger partial charge in [0.15, 0.2) is 0 Å². The van der Waals surface area contributed by atoms with Gasteiger partial charge in [-0.15, -0.1) is 0 Å². The fraction of sp³-hybridized carbons (Fsp3) is 0.889. The molecule has 0 heterocycles. The maximum Gasteiger partial charge on any atom is 0.305 e. The van der Waals surface area contributed by atoms with Crippen LogP contribution in [0.4, 0.5) is 0 Å². The molecule has 0 saturated heterocycles. The minimum absolute atomic E-state index is 0. The first-order chi connectivity index (χ1) is 6.24. The summed E-state index contributed by atoms with van der Waals surface area (Å²) >= 11 is 0. The van der Waals surface area contributed by atoms with Gasteiger partial charge in [-0.2, -0.15) is 0 Å². The molecule has 0 aliphatic heterocycles. The Kier molecular flexibility index (Phi) is 13.0. The monoisotopic (exact) mass is 241 g/mol. The maximum atomic E-state index is 10.9. The zero-order valence-electron chi connectivity index (χ0n) is 8.99. The largest absolute Gasteiger partial charge is 0.463 e. The van der Waals surface area contributed by atoms with E-state index in [4.69, 9.17) is 14.2 Å². The summed E-state index contributed by atoms with van der Waals surface area (Å²) in [6.45, 7) is 2.64. The van der Waals surface area contributed by atoms with Crippen LogP contribution in [-0.2, 0) is 37.6 Å². The first kappa shape index (κ1) is 16.4. The number of carbonyl (C=O) groups excluding carboxylic acids is 1. The van der Waals surface area contributed by atoms with Crippen molar-refractivity contribution < 1.29 is 37.6 Å². The summed E-state index contributed by atoms with van der Waals surface area (Å²) in [5.74, 6) is -0.180. The van der Waals surface area contributed by atoms with Crippen LogP contribution < -0.4 is 0 Å². The van der Waals surface area contributed by atoms with Crippen molar-refractivity contribution in [2.45, 2.75) is 25.9 Å². The number of methoxy groups -OCH3 is 2. The van der Waals surface area contributed by atoms with Gasteiger partial charge in [0, 0.05) is 39.2 Å². The van der Waals surface area contributed by atoms with Gasteiger partial charge in [0.1, 0.15) is 12.7 Å². The Morgan fingerprint density at radius 3 is 2.36 bits per heavy atom. The number of carbonyl (C=O) groups is 1. The second kappa shape index (κ2) is 11.1. The number of esters is 1. The Balaban J connectivity index is 0. The Labute approximate surface area is 97.2 Å². The predicted octanol–water partition coefficient (Wildman–Crippen LogP) is 0.989. The molecule has 14 heavy (non-hydrogen) atoms. The Hall–Kier alpha value is -0.0256. The van der Waals surface area contributed by atoms with Crippen LogP contribution in [0.15, 0.2) is 0 Å². The molecule has 0 saturated carbocycles. The number of ether oxygens (including phenoxy) is 3. The van der Waals surface area contributed by atoms with E-state index in [1.165, 1.54) is 0 Å². The Morgan fingerprint density at radius 1 is 1.29 bits per heavy atom. The summed E-state index contributed by atoms with van der Waals surface area (Å²) in [4.78, 5) is 10.9. The molecule has 1 atom stereocenters. The standard InChI is InChI=1S/C9H18O4.V/c1-4-5-9(10)13-7-8(12-3)6-11-2;/h8H,4-7H2,1-3H3;. The van der Waals surface area contributed by atoms with E-state index in [0.29, 0.717) is 13.0 Å². The summed E-state index contributed by atoms with van der Waals surface area (Å²) < 4.78 is 14.8. The van der Waals surface area contributed by atoms with Crippen molar-refractivity contribution in [1.29, 1.82) is 0 Å². The van der Waals surface area contributed by atoms with Gasteiger partial charge in [0.25, 0.3) is 0 Å². The predicted molar refractivity (Wildman–Crippen MR) is 48.5 cm³/mol. The zero-order chi connectivity index (χ0) is 10.1. The molecule has 0 aromatic rings. The van der Waals surface area contributed by atoms with Crippen molar-refractivity contribution >= 4 is 5.97 Å². The molecule has 0 aliphatic carbocycles. The molecule has 1 radical (unpaired) electrons. The van der Waals surface area contributed by atoms with E-state index >= 15 is 0 Å². The molecule has 0 bridgehead atoms. The van der Waals surface area contributed by atoms with E-state index in [1.54, 1.807) is 14.2 Å². The van der Waals surface area contributed by atoms with Gasteiger partial charge in [-0.3, -0.25) is 4.79 Å². The molecule has 5 heteroatoms. The van der Waals surface area contributed by atoms with Crippen LogP contribution in [0.3, 0.4) is 0 Å². The quantitative estimate of drug-likeness (QED) is 0.623. The topological polar surface area (TPSA) is 44.8 Å². The van der Waals surface area contributed by atoms with Gasteiger partial charge >= 0.3 is 5.97 Å². The molecule has 1 unspecified atom stereocenters. The van der Waals surface area contributed by atoms with Gasteiger partial charge < -0.3 is 14.2 Å². The van der Waals surface area contributed by atoms with Crippen LogP contribution in [0.2, 0.25) is 0 Å². The van der Waals surface area contributed by atoms with Crippen LogP contribution >= 0.6 is 0 Å². The molecule has 0 fully saturated rings. The normalized spacial score (nSPS) is 11.6. The number of rotatable bonds is 7. The molecule has 0 N–H and O–H groups in total. The minimum Gasteiger partial charge on any atom is -0.463 e. The molecule has 0 aliphatic rings. The maximum absolute atomic E-state index is 10.9. The third-order valence-corrected chi connectivity index (χ3v) is 1.57. The van der Waals surface area contributed by atoms with Crippen molar-refractivity contribution in [2.24, 2.45) is 0 Å². The van der Waals surface area contributed by atoms with Crippen LogP contribution in [0.25, 0.3) is 0 Å². The van der Waals surface area contributed by atoms with Gasteiger partial charge in [-0.05, 0) is 6.42 Å². The molecular formula is C9H18O4V. The van der Waals surface area contributed by atoms with E-state index < -0.39 is 0 Å². The molecule has 0 rings (SSSR count). The van der Waals surface area contributed by atoms with Crippen molar-refractivity contribution in [2.75, 3.05) is 27.4 Å². The first-order valence-electron chi connectivity index (χ1n) is 4.41. The smallest absolute Gasteiger partial charge is 0.305 e. The molecule has 4 nitrogen and oxygen atoms in total. The van der Waals surface area contributed by atoms with E-state index in [-0.39, 0.29) is 37.2 Å². The van der Waals surface area contributed by atoms with Crippen LogP contribution in [0.1, 0.15) is 19.8 Å². The average Bonchev–Trinajstić information content (AvgIpc) is 2.12. The van der Waals surface area contributed by atoms with E-state index in [1.807, 2.05) is 6.92 Å².